The van der Waals surface area contributed by atoms with Gasteiger partial charge in [0.15, 0.2) is 11.6 Å². The Morgan fingerprint density at radius 3 is 2.55 bits per heavy atom. The Balaban J connectivity index is 2.26. The van der Waals surface area contributed by atoms with Crippen LogP contribution in [0.5, 0.6) is 11.5 Å². The van der Waals surface area contributed by atoms with Crippen LogP contribution in [0.3, 0.4) is 0 Å². The molecule has 106 valence electrons. The third-order valence-electron chi connectivity index (χ3n) is 3.01. The first-order chi connectivity index (χ1) is 9.61. The highest BCUT2D eigenvalue weighted by Crippen LogP contribution is 2.29. The van der Waals surface area contributed by atoms with Crippen LogP contribution >= 0.6 is 0 Å². The van der Waals surface area contributed by atoms with Crippen molar-refractivity contribution in [1.29, 1.82) is 0 Å². The normalized spacial score (nSPS) is 12.2. The van der Waals surface area contributed by atoms with Crippen LogP contribution in [0.2, 0.25) is 0 Å². The summed E-state index contributed by atoms with van der Waals surface area (Å²) >= 11 is 0. The summed E-state index contributed by atoms with van der Waals surface area (Å²) in [5.41, 5.74) is 1.31. The number of aliphatic hydroxyl groups excluding tert-OH is 2. The molecule has 0 amide bonds. The van der Waals surface area contributed by atoms with Gasteiger partial charge in [-0.1, -0.05) is 24.3 Å². The van der Waals surface area contributed by atoms with Crippen molar-refractivity contribution in [3.63, 3.8) is 0 Å². The highest BCUT2D eigenvalue weighted by Gasteiger charge is 2.10. The molecular formula is C16H17FO3. The molecular weight excluding hydrogens is 259 g/mol. The predicted molar refractivity (Wildman–Crippen MR) is 74.3 cm³/mol. The Labute approximate surface area is 117 Å². The Morgan fingerprint density at radius 2 is 1.90 bits per heavy atom. The molecule has 2 rings (SSSR count). The second kappa shape index (κ2) is 6.50. The molecule has 2 aromatic carbocycles. The van der Waals surface area contributed by atoms with E-state index in [-0.39, 0.29) is 12.4 Å². The van der Waals surface area contributed by atoms with Crippen LogP contribution in [0.15, 0.2) is 42.5 Å². The quantitative estimate of drug-likeness (QED) is 0.881. The lowest BCUT2D eigenvalue weighted by atomic mass is 10.1. The van der Waals surface area contributed by atoms with Gasteiger partial charge in [-0.3, -0.25) is 0 Å². The number of hydrogen-bond donors (Lipinski definition) is 2. The summed E-state index contributed by atoms with van der Waals surface area (Å²) in [6, 6.07) is 11.6. The maximum absolute atomic E-state index is 13.9. The Bertz CT molecular complexity index is 582. The molecule has 1 unspecified atom stereocenters. The summed E-state index contributed by atoms with van der Waals surface area (Å²) in [7, 11) is 0. The molecule has 1 atom stereocenters. The van der Waals surface area contributed by atoms with Crippen LogP contribution in [-0.4, -0.2) is 16.8 Å². The first kappa shape index (κ1) is 14.5. The number of hydrogen-bond acceptors (Lipinski definition) is 3. The van der Waals surface area contributed by atoms with E-state index in [1.54, 1.807) is 25.1 Å². The third-order valence-corrected chi connectivity index (χ3v) is 3.01. The van der Waals surface area contributed by atoms with Crippen molar-refractivity contribution in [3.05, 3.63) is 59.4 Å². The summed E-state index contributed by atoms with van der Waals surface area (Å²) in [5.74, 6) is 0.0900. The van der Waals surface area contributed by atoms with E-state index in [4.69, 9.17) is 9.84 Å². The van der Waals surface area contributed by atoms with Gasteiger partial charge in [0.05, 0.1) is 6.10 Å². The highest BCUT2D eigenvalue weighted by atomic mass is 19.1. The van der Waals surface area contributed by atoms with Crippen LogP contribution in [-0.2, 0) is 6.42 Å². The molecule has 2 N–H and O–H groups in total. The predicted octanol–water partition coefficient (Wildman–Crippen LogP) is 3.21. The topological polar surface area (TPSA) is 49.7 Å². The van der Waals surface area contributed by atoms with Gasteiger partial charge in [0.1, 0.15) is 5.75 Å². The van der Waals surface area contributed by atoms with Gasteiger partial charge in [0, 0.05) is 6.61 Å². The lowest BCUT2D eigenvalue weighted by Gasteiger charge is -2.12. The fourth-order valence-corrected chi connectivity index (χ4v) is 1.91. The van der Waals surface area contributed by atoms with Crippen molar-refractivity contribution >= 4 is 0 Å². The van der Waals surface area contributed by atoms with Crippen LogP contribution < -0.4 is 4.74 Å². The molecule has 2 aromatic rings. The molecule has 0 radical (unpaired) electrons. The van der Waals surface area contributed by atoms with Crippen molar-refractivity contribution in [1.82, 2.24) is 0 Å². The lowest BCUT2D eigenvalue weighted by molar-refractivity contribution is 0.198. The Kier molecular flexibility index (Phi) is 4.71. The zero-order valence-electron chi connectivity index (χ0n) is 11.2. The van der Waals surface area contributed by atoms with Crippen molar-refractivity contribution in [2.45, 2.75) is 19.4 Å². The first-order valence-corrected chi connectivity index (χ1v) is 6.46. The van der Waals surface area contributed by atoms with Gasteiger partial charge in [-0.2, -0.15) is 0 Å². The van der Waals surface area contributed by atoms with E-state index >= 15 is 0 Å². The summed E-state index contributed by atoms with van der Waals surface area (Å²) < 4.78 is 19.5. The molecule has 0 saturated carbocycles. The number of ether oxygens (including phenoxy) is 1. The lowest BCUT2D eigenvalue weighted by Crippen LogP contribution is -1.98. The molecule has 0 spiro atoms. The zero-order valence-corrected chi connectivity index (χ0v) is 11.2. The second-order valence-electron chi connectivity index (χ2n) is 4.55. The van der Waals surface area contributed by atoms with Gasteiger partial charge in [0.2, 0.25) is 0 Å². The number of aliphatic hydroxyl groups is 2. The first-order valence-electron chi connectivity index (χ1n) is 6.46. The van der Waals surface area contributed by atoms with Crippen LogP contribution in [0, 0.1) is 5.82 Å². The van der Waals surface area contributed by atoms with Gasteiger partial charge in [0.25, 0.3) is 0 Å². The molecule has 20 heavy (non-hydrogen) atoms. The van der Waals surface area contributed by atoms with Crippen molar-refractivity contribution < 1.29 is 19.3 Å². The molecule has 3 nitrogen and oxygen atoms in total. The second-order valence-corrected chi connectivity index (χ2v) is 4.55. The number of rotatable bonds is 5. The third kappa shape index (κ3) is 3.35. The fourth-order valence-electron chi connectivity index (χ4n) is 1.91. The van der Waals surface area contributed by atoms with Gasteiger partial charge in [-0.25, -0.2) is 4.39 Å². The number of halogens is 1. The molecule has 0 aliphatic rings. The average molecular weight is 276 g/mol. The summed E-state index contributed by atoms with van der Waals surface area (Å²) in [6.45, 7) is 1.58. The van der Waals surface area contributed by atoms with Crippen molar-refractivity contribution in [2.75, 3.05) is 6.61 Å². The molecule has 0 fully saturated rings. The largest absolute Gasteiger partial charge is 0.454 e. The fraction of sp³-hybridized carbons (Fsp3) is 0.250. The van der Waals surface area contributed by atoms with E-state index < -0.39 is 11.9 Å². The molecule has 0 aliphatic heterocycles. The standard InChI is InChI=1S/C16H17FO3/c1-11(19)13-6-7-16(14(17)10-13)20-15-5-3-2-4-12(15)8-9-18/h2-7,10-11,18-19H,8-9H2,1H3. The number of benzene rings is 2. The molecule has 0 heterocycles. The summed E-state index contributed by atoms with van der Waals surface area (Å²) in [6.07, 6.45) is -0.274. The van der Waals surface area contributed by atoms with E-state index in [9.17, 15) is 9.50 Å². The Hall–Kier alpha value is -1.91. The Morgan fingerprint density at radius 1 is 1.15 bits per heavy atom. The van der Waals surface area contributed by atoms with E-state index in [0.29, 0.717) is 17.7 Å². The van der Waals surface area contributed by atoms with Crippen molar-refractivity contribution in [3.8, 4) is 11.5 Å². The minimum Gasteiger partial charge on any atom is -0.454 e. The molecule has 0 bridgehead atoms. The molecule has 4 heteroatoms. The monoisotopic (exact) mass is 276 g/mol. The smallest absolute Gasteiger partial charge is 0.166 e. The van der Waals surface area contributed by atoms with Crippen molar-refractivity contribution in [2.24, 2.45) is 0 Å². The van der Waals surface area contributed by atoms with Crippen LogP contribution in [0.25, 0.3) is 0 Å². The van der Waals surface area contributed by atoms with Gasteiger partial charge in [-0.15, -0.1) is 0 Å². The van der Waals surface area contributed by atoms with Gasteiger partial charge < -0.3 is 14.9 Å². The van der Waals surface area contributed by atoms with E-state index in [1.165, 1.54) is 12.1 Å². The zero-order chi connectivity index (χ0) is 14.5. The van der Waals surface area contributed by atoms with Gasteiger partial charge >= 0.3 is 0 Å². The average Bonchev–Trinajstić information content (AvgIpc) is 2.43. The minimum absolute atomic E-state index is 0.00379. The van der Waals surface area contributed by atoms with E-state index in [0.717, 1.165) is 5.56 Å². The summed E-state index contributed by atoms with van der Waals surface area (Å²) in [5, 5.41) is 18.4. The van der Waals surface area contributed by atoms with Crippen LogP contribution in [0.1, 0.15) is 24.2 Å². The molecule has 0 aromatic heterocycles. The van der Waals surface area contributed by atoms with E-state index in [2.05, 4.69) is 0 Å². The van der Waals surface area contributed by atoms with E-state index in [1.807, 2.05) is 12.1 Å². The van der Waals surface area contributed by atoms with Gasteiger partial charge in [-0.05, 0) is 42.7 Å². The maximum atomic E-state index is 13.9. The van der Waals surface area contributed by atoms with Crippen LogP contribution in [0.4, 0.5) is 4.39 Å². The summed E-state index contributed by atoms with van der Waals surface area (Å²) in [4.78, 5) is 0. The maximum Gasteiger partial charge on any atom is 0.166 e. The molecule has 0 aliphatic carbocycles. The highest BCUT2D eigenvalue weighted by molar-refractivity contribution is 5.39. The SMILES string of the molecule is CC(O)c1ccc(Oc2ccccc2CCO)c(F)c1. The minimum atomic E-state index is -0.722. The molecule has 0 saturated heterocycles. The number of para-hydroxylation sites is 1.